The van der Waals surface area contributed by atoms with Gasteiger partial charge in [-0.05, 0) is 81.0 Å². The fraction of sp³-hybridized carbons (Fsp3) is 0.432. The van der Waals surface area contributed by atoms with Gasteiger partial charge in [0.1, 0.15) is 12.3 Å². The van der Waals surface area contributed by atoms with Crippen LogP contribution in [0, 0.1) is 5.41 Å². The second-order valence-corrected chi connectivity index (χ2v) is 17.3. The number of unbranched alkanes of at least 4 members (excludes halogenated alkanes) is 5. The van der Waals surface area contributed by atoms with Crippen LogP contribution < -0.4 is 15.5 Å². The number of benzene rings is 1. The van der Waals surface area contributed by atoms with Crippen LogP contribution in [0.3, 0.4) is 0 Å². The molecule has 0 radical (unpaired) electrons. The van der Waals surface area contributed by atoms with Crippen LogP contribution >= 0.6 is 12.0 Å². The monoisotopic (exact) mass is 865 g/mol. The number of aldehydes is 1. The van der Waals surface area contributed by atoms with E-state index >= 15 is 0 Å². The minimum absolute atomic E-state index is 0.0146. The van der Waals surface area contributed by atoms with Gasteiger partial charge in [0, 0.05) is 95.6 Å². The van der Waals surface area contributed by atoms with E-state index in [4.69, 9.17) is 4.74 Å². The molecule has 14 nitrogen and oxygen atoms in total. The number of carbonyl (C=O) groups excluding carboxylic acids is 3. The number of carboxylic acid groups (broad SMARTS) is 1. The van der Waals surface area contributed by atoms with Crippen LogP contribution in [0.2, 0.25) is 0 Å². The van der Waals surface area contributed by atoms with E-state index in [2.05, 4.69) is 36.0 Å². The Morgan fingerprint density at radius 3 is 2.35 bits per heavy atom. The molecule has 0 aromatic heterocycles. The highest BCUT2D eigenvalue weighted by molar-refractivity contribution is 7.93. The van der Waals surface area contributed by atoms with Crippen LogP contribution in [-0.4, -0.2) is 91.9 Å². The number of anilines is 1. The Balaban J connectivity index is 2.04. The summed E-state index contributed by atoms with van der Waals surface area (Å²) in [6.45, 7) is 13.3. The third-order valence-corrected chi connectivity index (χ3v) is 12.2. The Labute approximate surface area is 358 Å². The number of hydrogen-bond donors (Lipinski definition) is 6. The molecule has 1 unspecified atom stereocenters. The summed E-state index contributed by atoms with van der Waals surface area (Å²) in [5.74, 6) is -1.47. The molecular weight excluding hydrogens is 809 g/mol. The summed E-state index contributed by atoms with van der Waals surface area (Å²) in [6, 6.07) is 4.93. The van der Waals surface area contributed by atoms with Crippen molar-refractivity contribution < 1.29 is 52.0 Å². The highest BCUT2D eigenvalue weighted by Gasteiger charge is 2.44. The number of carboxylic acids is 1. The molecule has 6 N–H and O–H groups in total. The molecule has 3 aliphatic rings. The molecule has 0 saturated carbocycles. The van der Waals surface area contributed by atoms with Crippen LogP contribution in [-0.2, 0) is 35.6 Å². The number of aliphatic carboxylic acids is 1. The average molecular weight is 866 g/mol. The quantitative estimate of drug-likeness (QED) is 0.0123. The van der Waals surface area contributed by atoms with Gasteiger partial charge in [-0.2, -0.15) is 0 Å². The van der Waals surface area contributed by atoms with Gasteiger partial charge in [0.2, 0.25) is 0 Å². The first-order valence-corrected chi connectivity index (χ1v) is 21.7. The molecule has 1 aromatic carbocycles. The van der Waals surface area contributed by atoms with Gasteiger partial charge in [0.05, 0.1) is 23.0 Å². The number of methoxy groups -OCH3 is 1. The second kappa shape index (κ2) is 21.1. The lowest BCUT2D eigenvalue weighted by Gasteiger charge is -2.34. The number of allylic oxidation sites excluding steroid dienone is 8. The highest BCUT2D eigenvalue weighted by Crippen LogP contribution is 2.52. The van der Waals surface area contributed by atoms with Gasteiger partial charge < -0.3 is 34.3 Å². The molecule has 1 atom stereocenters. The van der Waals surface area contributed by atoms with Crippen molar-refractivity contribution in [3.05, 3.63) is 105 Å². The number of nitrogens with zero attached hydrogens (tertiary/aromatic N) is 2. The predicted octanol–water partition coefficient (Wildman–Crippen LogP) is 6.89. The number of amides is 3. The van der Waals surface area contributed by atoms with E-state index in [9.17, 15) is 42.7 Å². The van der Waals surface area contributed by atoms with E-state index in [-0.39, 0.29) is 29.1 Å². The van der Waals surface area contributed by atoms with Gasteiger partial charge in [-0.1, -0.05) is 33.3 Å². The lowest BCUT2D eigenvalue weighted by Crippen LogP contribution is -2.39. The lowest BCUT2D eigenvalue weighted by molar-refractivity contribution is -0.460. The molecule has 4 rings (SSSR count). The Morgan fingerprint density at radius 2 is 1.73 bits per heavy atom. The summed E-state index contributed by atoms with van der Waals surface area (Å²) < 4.78 is 40.3. The van der Waals surface area contributed by atoms with Gasteiger partial charge in [0.15, 0.2) is 29.3 Å². The molecule has 2 heterocycles. The number of fused-ring (bicyclic) bond motifs is 1. The van der Waals surface area contributed by atoms with Crippen LogP contribution in [0.4, 0.5) is 10.5 Å². The molecule has 16 heteroatoms. The van der Waals surface area contributed by atoms with E-state index in [0.717, 1.165) is 36.2 Å². The zero-order valence-corrected chi connectivity index (χ0v) is 36.8. The third kappa shape index (κ3) is 10.7. The molecule has 1 aliphatic carbocycles. The number of nitrogens with one attached hydrogen (secondary N) is 2. The number of carbonyl (C=O) groups is 4. The average Bonchev–Trinajstić information content (AvgIpc) is 3.41. The molecule has 0 bridgehead atoms. The van der Waals surface area contributed by atoms with Crippen LogP contribution in [0.5, 0.6) is 0 Å². The number of aliphatic hydroxyl groups is 1. The number of aliphatic hydroxyl groups excluding tert-OH is 1. The predicted molar refractivity (Wildman–Crippen MR) is 234 cm³/mol. The van der Waals surface area contributed by atoms with Crippen molar-refractivity contribution in [2.45, 2.75) is 89.4 Å². The summed E-state index contributed by atoms with van der Waals surface area (Å²) in [7, 11) is 2.83. The van der Waals surface area contributed by atoms with Crippen molar-refractivity contribution in [1.29, 1.82) is 0 Å². The second-order valence-electron chi connectivity index (χ2n) is 15.7. The fourth-order valence-electron chi connectivity index (χ4n) is 7.59. The number of imide groups is 1. The minimum Gasteiger partial charge on any atom is -0.495 e. The van der Waals surface area contributed by atoms with E-state index in [1.807, 2.05) is 42.7 Å². The Morgan fingerprint density at radius 1 is 1.03 bits per heavy atom. The van der Waals surface area contributed by atoms with E-state index in [0.29, 0.717) is 90.2 Å². The maximum Gasteiger partial charge on any atom is 0.321 e. The molecule has 0 spiro atoms. The van der Waals surface area contributed by atoms with Crippen molar-refractivity contribution in [2.24, 2.45) is 5.41 Å². The van der Waals surface area contributed by atoms with Crippen molar-refractivity contribution in [3.8, 4) is 0 Å². The molecule has 0 fully saturated rings. The van der Waals surface area contributed by atoms with Gasteiger partial charge in [-0.15, -0.1) is 0 Å². The van der Waals surface area contributed by atoms with Gasteiger partial charge in [-0.3, -0.25) is 19.7 Å². The zero-order valence-electron chi connectivity index (χ0n) is 35.1. The Kier molecular flexibility index (Phi) is 16.8. The first kappa shape index (κ1) is 47.8. The maximum atomic E-state index is 13.8. The molecule has 0 saturated heterocycles. The summed E-state index contributed by atoms with van der Waals surface area (Å²) >= 11 is -1.67. The Hall–Kier alpha value is -4.87. The minimum atomic E-state index is -2.32. The largest absolute Gasteiger partial charge is 0.495 e. The molecular formula is C44H57N4O10S2+. The Bertz CT molecular complexity index is 2140. The van der Waals surface area contributed by atoms with Crippen LogP contribution in [0.15, 0.2) is 104 Å². The first-order valence-electron chi connectivity index (χ1n) is 19.8. The van der Waals surface area contributed by atoms with Crippen LogP contribution in [0.25, 0.3) is 0 Å². The molecule has 3 amide bonds. The van der Waals surface area contributed by atoms with E-state index in [1.54, 1.807) is 18.4 Å². The number of ether oxygens (including phenoxy) is 1. The van der Waals surface area contributed by atoms with Crippen molar-refractivity contribution in [1.82, 2.24) is 10.6 Å². The summed E-state index contributed by atoms with van der Waals surface area (Å²) in [6.07, 6.45) is 13.7. The van der Waals surface area contributed by atoms with Crippen molar-refractivity contribution >= 4 is 58.7 Å². The number of urea groups is 1. The van der Waals surface area contributed by atoms with Crippen molar-refractivity contribution in [2.75, 3.05) is 38.8 Å². The highest BCUT2D eigenvalue weighted by atomic mass is 32.2. The van der Waals surface area contributed by atoms with Gasteiger partial charge >= 0.3 is 12.0 Å². The summed E-state index contributed by atoms with van der Waals surface area (Å²) in [4.78, 5) is 53.5. The molecule has 1 aromatic rings. The number of rotatable bonds is 19. The topological polar surface area (TPSA) is 206 Å². The van der Waals surface area contributed by atoms with E-state index < -0.39 is 39.8 Å². The van der Waals surface area contributed by atoms with Gasteiger partial charge in [0.25, 0.3) is 5.91 Å². The standard InChI is InChI=1S/C44H56N4O10S2/c1-28-23-30(60(56)57)18-21-47(19-12-10-11-15-38(51)52)36(43(28,2)3)25-31-39(33(27-50)41(53)46-42(54)45-6)32(40(31)58-7)26-37-44(4,5)34-24-29(59-55)16-17-35(34)48(37)20-13-8-9-14-22-49/h16-18,21,23-27,49H,1,8-15,19-20,22H2,2-7H3,(H4-,45,46,51,52,53,54,55,56,57)/p+1/b21-18-,30-23+,39-33+. The molecule has 324 valence electrons. The third-order valence-electron chi connectivity index (χ3n) is 11.1. The molecule has 2 aliphatic heterocycles. The smallest absolute Gasteiger partial charge is 0.321 e. The van der Waals surface area contributed by atoms with Crippen LogP contribution in [0.1, 0.15) is 84.6 Å². The van der Waals surface area contributed by atoms with Crippen molar-refractivity contribution in [3.63, 3.8) is 0 Å². The number of hydrogen-bond acceptors (Lipinski definition) is 10. The molecule has 60 heavy (non-hydrogen) atoms. The fourth-order valence-corrected chi connectivity index (χ4v) is 8.31. The van der Waals surface area contributed by atoms with E-state index in [1.165, 1.54) is 20.2 Å². The summed E-state index contributed by atoms with van der Waals surface area (Å²) in [5, 5.41) is 23.1. The van der Waals surface area contributed by atoms with Gasteiger partial charge in [-0.25, -0.2) is 13.6 Å². The zero-order chi connectivity index (χ0) is 44.4. The normalized spacial score (nSPS) is 22.2. The SMILES string of the molecule is C=C1\C=C(S(=O)O)/C=C\[N+](CCCCCC(=O)O)=C(\C=C2C(OC)=C(/C=C3/N(CCCCCCO)c4ccc(SO)cc4C3(C)C)C/2=C(\C=O)C(=O)NC(=O)NC)C1(C)C. The first-order chi connectivity index (χ1) is 28.5. The lowest BCUT2D eigenvalue weighted by atomic mass is 9.73. The summed E-state index contributed by atoms with van der Waals surface area (Å²) in [5.41, 5.74) is 3.04. The maximum absolute atomic E-state index is 13.8.